The molecule has 0 radical (unpaired) electrons. The number of hydrogen-bond donors (Lipinski definition) is 2. The maximum atomic E-state index is 11.9. The Morgan fingerprint density at radius 2 is 1.84 bits per heavy atom. The first-order chi connectivity index (χ1) is 11.4. The van der Waals surface area contributed by atoms with Gasteiger partial charge in [-0.3, -0.25) is 9.59 Å². The fourth-order valence-corrected chi connectivity index (χ4v) is 3.43. The van der Waals surface area contributed by atoms with E-state index >= 15 is 0 Å². The SMILES string of the molecule is C[C@H](NC(=O)COC(=O)[C@]1(C)CC1(Cl)Cl)c1ccc(S(N)(=O)=O)cc1. The molecule has 1 aromatic rings. The van der Waals surface area contributed by atoms with E-state index in [-0.39, 0.29) is 11.3 Å². The second kappa shape index (κ2) is 6.75. The maximum Gasteiger partial charge on any atom is 0.315 e. The van der Waals surface area contributed by atoms with Crippen molar-refractivity contribution in [2.24, 2.45) is 10.6 Å². The molecule has 138 valence electrons. The van der Waals surface area contributed by atoms with Crippen molar-refractivity contribution in [3.63, 3.8) is 0 Å². The van der Waals surface area contributed by atoms with E-state index in [4.69, 9.17) is 33.1 Å². The summed E-state index contributed by atoms with van der Waals surface area (Å²) in [7, 11) is -3.77. The van der Waals surface area contributed by atoms with Crippen LogP contribution in [-0.2, 0) is 24.3 Å². The number of esters is 1. The lowest BCUT2D eigenvalue weighted by Gasteiger charge is -2.16. The third-order valence-electron chi connectivity index (χ3n) is 4.13. The van der Waals surface area contributed by atoms with E-state index in [0.29, 0.717) is 5.56 Å². The zero-order valence-electron chi connectivity index (χ0n) is 13.6. The zero-order chi connectivity index (χ0) is 19.0. The molecule has 0 heterocycles. The molecule has 1 fully saturated rings. The van der Waals surface area contributed by atoms with Crippen LogP contribution in [0.25, 0.3) is 0 Å². The molecule has 1 amide bonds. The average Bonchev–Trinajstić information content (AvgIpc) is 3.03. The van der Waals surface area contributed by atoms with Gasteiger partial charge in [0.25, 0.3) is 5.91 Å². The van der Waals surface area contributed by atoms with Crippen LogP contribution in [0.2, 0.25) is 0 Å². The number of ether oxygens (including phenoxy) is 1. The highest BCUT2D eigenvalue weighted by Gasteiger charge is 2.69. The Bertz CT molecular complexity index is 795. The molecule has 0 spiro atoms. The number of carbonyl (C=O) groups excluding carboxylic acids is 2. The second-order valence-electron chi connectivity index (χ2n) is 6.19. The van der Waals surface area contributed by atoms with Gasteiger partial charge in [0.15, 0.2) is 6.61 Å². The molecule has 0 unspecified atom stereocenters. The molecule has 10 heteroatoms. The smallest absolute Gasteiger partial charge is 0.315 e. The van der Waals surface area contributed by atoms with Gasteiger partial charge in [0.05, 0.1) is 10.9 Å². The minimum atomic E-state index is -3.77. The summed E-state index contributed by atoms with van der Waals surface area (Å²) >= 11 is 11.8. The monoisotopic (exact) mass is 408 g/mol. The molecule has 1 aromatic carbocycles. The van der Waals surface area contributed by atoms with Gasteiger partial charge in [0.2, 0.25) is 10.0 Å². The van der Waals surface area contributed by atoms with Crippen molar-refractivity contribution in [1.29, 1.82) is 0 Å². The van der Waals surface area contributed by atoms with Crippen molar-refractivity contribution < 1.29 is 22.7 Å². The summed E-state index contributed by atoms with van der Waals surface area (Å²) in [5, 5.41) is 7.67. The number of nitrogens with two attached hydrogens (primary N) is 1. The molecule has 0 bridgehead atoms. The van der Waals surface area contributed by atoms with Gasteiger partial charge in [-0.1, -0.05) is 12.1 Å². The summed E-state index contributed by atoms with van der Waals surface area (Å²) in [6, 6.07) is 5.36. The fraction of sp³-hybridized carbons (Fsp3) is 0.467. The van der Waals surface area contributed by atoms with E-state index in [1.165, 1.54) is 24.3 Å². The molecule has 3 N–H and O–H groups in total. The molecule has 1 saturated carbocycles. The first-order valence-electron chi connectivity index (χ1n) is 7.34. The summed E-state index contributed by atoms with van der Waals surface area (Å²) in [6.45, 7) is 2.82. The number of amides is 1. The summed E-state index contributed by atoms with van der Waals surface area (Å²) in [6.07, 6.45) is 0.274. The normalized spacial score (nSPS) is 22.8. The van der Waals surface area contributed by atoms with E-state index in [1.807, 2.05) is 0 Å². The quantitative estimate of drug-likeness (QED) is 0.548. The zero-order valence-corrected chi connectivity index (χ0v) is 15.9. The van der Waals surface area contributed by atoms with Gasteiger partial charge in [0.1, 0.15) is 9.75 Å². The van der Waals surface area contributed by atoms with Crippen molar-refractivity contribution in [3.8, 4) is 0 Å². The molecule has 0 aliphatic heterocycles. The van der Waals surface area contributed by atoms with Gasteiger partial charge in [0, 0.05) is 6.42 Å². The Morgan fingerprint density at radius 3 is 2.28 bits per heavy atom. The molecule has 2 atom stereocenters. The Kier molecular flexibility index (Phi) is 5.39. The van der Waals surface area contributed by atoms with Gasteiger partial charge in [-0.2, -0.15) is 0 Å². The first kappa shape index (κ1) is 20.0. The van der Waals surface area contributed by atoms with Crippen LogP contribution in [0.4, 0.5) is 0 Å². The number of primary sulfonamides is 1. The van der Waals surface area contributed by atoms with E-state index in [9.17, 15) is 18.0 Å². The molecule has 1 aliphatic carbocycles. The largest absolute Gasteiger partial charge is 0.455 e. The number of rotatable bonds is 6. The highest BCUT2D eigenvalue weighted by molar-refractivity contribution is 7.89. The van der Waals surface area contributed by atoms with Crippen LogP contribution in [0.1, 0.15) is 31.9 Å². The molecule has 2 rings (SSSR count). The predicted octanol–water partition coefficient (Wildman–Crippen LogP) is 1.64. The van der Waals surface area contributed by atoms with Gasteiger partial charge in [-0.15, -0.1) is 23.2 Å². The second-order valence-corrected chi connectivity index (χ2v) is 9.24. The average molecular weight is 409 g/mol. The topological polar surface area (TPSA) is 116 Å². The van der Waals surface area contributed by atoms with Gasteiger partial charge in [-0.25, -0.2) is 13.6 Å². The van der Waals surface area contributed by atoms with Crippen LogP contribution in [0, 0.1) is 5.41 Å². The Morgan fingerprint density at radius 1 is 1.32 bits per heavy atom. The Balaban J connectivity index is 1.87. The van der Waals surface area contributed by atoms with Crippen molar-refractivity contribution >= 4 is 45.1 Å². The van der Waals surface area contributed by atoms with Gasteiger partial charge >= 0.3 is 5.97 Å². The summed E-state index contributed by atoms with van der Waals surface area (Å²) in [5.41, 5.74) is -0.326. The number of carbonyl (C=O) groups is 2. The van der Waals surface area contributed by atoms with E-state index in [0.717, 1.165) is 0 Å². The number of alkyl halides is 2. The Labute approximate surface area is 155 Å². The molecular formula is C15H18Cl2N2O5S. The maximum absolute atomic E-state index is 11.9. The highest BCUT2D eigenvalue weighted by atomic mass is 35.5. The number of nitrogens with one attached hydrogen (secondary N) is 1. The molecule has 25 heavy (non-hydrogen) atoms. The van der Waals surface area contributed by atoms with Crippen LogP contribution >= 0.6 is 23.2 Å². The lowest BCUT2D eigenvalue weighted by Crippen LogP contribution is -2.33. The van der Waals surface area contributed by atoms with Gasteiger partial charge < -0.3 is 10.1 Å². The first-order valence-corrected chi connectivity index (χ1v) is 9.64. The Hall–Kier alpha value is -1.35. The predicted molar refractivity (Wildman–Crippen MR) is 92.5 cm³/mol. The van der Waals surface area contributed by atoms with Crippen LogP contribution in [0.5, 0.6) is 0 Å². The minimum Gasteiger partial charge on any atom is -0.455 e. The van der Waals surface area contributed by atoms with E-state index in [2.05, 4.69) is 5.32 Å². The van der Waals surface area contributed by atoms with Crippen molar-refractivity contribution in [2.75, 3.05) is 6.61 Å². The minimum absolute atomic E-state index is 0.0213. The molecule has 0 aromatic heterocycles. The van der Waals surface area contributed by atoms with Crippen LogP contribution in [-0.4, -0.2) is 31.2 Å². The summed E-state index contributed by atoms with van der Waals surface area (Å²) < 4.78 is 26.2. The van der Waals surface area contributed by atoms with E-state index < -0.39 is 44.3 Å². The number of sulfonamides is 1. The molecule has 1 aliphatic rings. The van der Waals surface area contributed by atoms with Gasteiger partial charge in [-0.05, 0) is 31.5 Å². The lowest BCUT2D eigenvalue weighted by molar-refractivity contribution is -0.153. The fourth-order valence-electron chi connectivity index (χ4n) is 2.22. The highest BCUT2D eigenvalue weighted by Crippen LogP contribution is 2.64. The third-order valence-corrected chi connectivity index (χ3v) is 6.16. The number of benzene rings is 1. The molecule has 0 saturated heterocycles. The number of halogens is 2. The lowest BCUT2D eigenvalue weighted by atomic mass is 10.1. The van der Waals surface area contributed by atoms with E-state index in [1.54, 1.807) is 13.8 Å². The molecule has 7 nitrogen and oxygen atoms in total. The van der Waals surface area contributed by atoms with Crippen LogP contribution < -0.4 is 10.5 Å². The van der Waals surface area contributed by atoms with Crippen molar-refractivity contribution in [2.45, 2.75) is 35.5 Å². The summed E-state index contributed by atoms with van der Waals surface area (Å²) in [4.78, 5) is 23.8. The summed E-state index contributed by atoms with van der Waals surface area (Å²) in [5.74, 6) is -1.13. The van der Waals surface area contributed by atoms with Crippen molar-refractivity contribution in [3.05, 3.63) is 29.8 Å². The number of hydrogen-bond acceptors (Lipinski definition) is 5. The third kappa shape index (κ3) is 4.44. The molecular weight excluding hydrogens is 391 g/mol. The van der Waals surface area contributed by atoms with Crippen LogP contribution in [0.3, 0.4) is 0 Å². The standard InChI is InChI=1S/C15H18Cl2N2O5S/c1-9(10-3-5-11(6-4-10)25(18,22)23)19-12(20)7-24-13(21)14(2)8-15(14,16)17/h3-6,9H,7-8H2,1-2H3,(H,19,20)(H2,18,22,23)/t9-,14-/m0/s1. The van der Waals surface area contributed by atoms with Crippen LogP contribution in [0.15, 0.2) is 29.2 Å². The van der Waals surface area contributed by atoms with Crippen molar-refractivity contribution in [1.82, 2.24) is 5.32 Å².